The number of rotatable bonds is 2. The number of carbonyl (C=O) groups excluding carboxylic acids is 1. The van der Waals surface area contributed by atoms with Crippen molar-refractivity contribution >= 4 is 40.1 Å². The predicted molar refractivity (Wildman–Crippen MR) is 151 cm³/mol. The molecule has 4 aromatic rings. The lowest BCUT2D eigenvalue weighted by molar-refractivity contribution is -0.118. The van der Waals surface area contributed by atoms with E-state index in [1.54, 1.807) is 11.1 Å². The van der Waals surface area contributed by atoms with Crippen LogP contribution >= 0.6 is 0 Å². The molecule has 0 bridgehead atoms. The van der Waals surface area contributed by atoms with Crippen molar-refractivity contribution in [2.75, 3.05) is 40.9 Å². The zero-order valence-corrected chi connectivity index (χ0v) is 22.4. The van der Waals surface area contributed by atoms with Crippen LogP contribution in [0, 0.1) is 22.6 Å². The molecule has 10 nitrogen and oxygen atoms in total. The quantitative estimate of drug-likeness (QED) is 0.388. The molecule has 0 saturated carbocycles. The standard InChI is InChI=1S/C30H28FN9O/c31-19-12-17-4-5-24(41)40-11-10-39(22(13-19)26(17)40)29-25-28(36-37-29)35-23(16-34-25)38-8-6-30(7-9-38)14-21-18(15-32)2-1-3-20(21)27(30)33/h1-3,12-13,16,27H,4-11,14,33H2,(H,35,36,37)/t27-/m1/s1. The SMILES string of the molecule is N#Cc1cccc2c1CC1(CCN(c3cnc4c(N5CCN6C(=O)CCc7cc(F)cc5c76)n[nH]c4n3)CC1)[C@@H]2N. The number of anilines is 4. The molecule has 1 aliphatic carbocycles. The maximum absolute atomic E-state index is 14.6. The van der Waals surface area contributed by atoms with E-state index in [4.69, 9.17) is 15.7 Å². The van der Waals surface area contributed by atoms with Crippen LogP contribution < -0.4 is 20.4 Å². The molecule has 0 radical (unpaired) electrons. The highest BCUT2D eigenvalue weighted by Crippen LogP contribution is 2.52. The molecule has 1 saturated heterocycles. The summed E-state index contributed by atoms with van der Waals surface area (Å²) in [5, 5.41) is 17.2. The number of carbonyl (C=O) groups is 1. The van der Waals surface area contributed by atoms with Gasteiger partial charge in [-0.05, 0) is 66.0 Å². The van der Waals surface area contributed by atoms with Gasteiger partial charge >= 0.3 is 0 Å². The number of hydrogen-bond acceptors (Lipinski definition) is 8. The Morgan fingerprint density at radius 2 is 1.95 bits per heavy atom. The molecule has 1 fully saturated rings. The minimum Gasteiger partial charge on any atom is -0.355 e. The molecule has 4 aliphatic rings. The average Bonchev–Trinajstić information content (AvgIpc) is 3.53. The number of amides is 1. The number of nitrogens with one attached hydrogen (secondary N) is 1. The molecule has 1 atom stereocenters. The van der Waals surface area contributed by atoms with Gasteiger partial charge in [-0.15, -0.1) is 0 Å². The van der Waals surface area contributed by atoms with Crippen LogP contribution in [0.1, 0.15) is 47.6 Å². The van der Waals surface area contributed by atoms with Gasteiger partial charge in [0.05, 0.1) is 29.2 Å². The van der Waals surface area contributed by atoms with Crippen molar-refractivity contribution in [3.05, 3.63) is 64.6 Å². The van der Waals surface area contributed by atoms with Crippen LogP contribution in [-0.4, -0.2) is 52.3 Å². The summed E-state index contributed by atoms with van der Waals surface area (Å²) in [6.07, 6.45) is 5.33. The third kappa shape index (κ3) is 3.50. The highest BCUT2D eigenvalue weighted by Gasteiger charge is 2.47. The van der Waals surface area contributed by atoms with E-state index in [1.165, 1.54) is 12.1 Å². The summed E-state index contributed by atoms with van der Waals surface area (Å²) in [7, 11) is 0. The zero-order valence-electron chi connectivity index (χ0n) is 22.4. The summed E-state index contributed by atoms with van der Waals surface area (Å²) in [6.45, 7) is 2.56. The number of nitrogens with zero attached hydrogens (tertiary/aromatic N) is 7. The minimum absolute atomic E-state index is 0.0574. The topological polar surface area (TPSA) is 131 Å². The fraction of sp³-hybridized carbons (Fsp3) is 0.367. The molecule has 2 aromatic heterocycles. The second-order valence-corrected chi connectivity index (χ2v) is 11.6. The van der Waals surface area contributed by atoms with E-state index in [-0.39, 0.29) is 23.2 Å². The third-order valence-corrected chi connectivity index (χ3v) is 9.59. The van der Waals surface area contributed by atoms with Crippen LogP contribution in [0.3, 0.4) is 0 Å². The van der Waals surface area contributed by atoms with Crippen LogP contribution in [-0.2, 0) is 17.6 Å². The molecule has 1 spiro atoms. The van der Waals surface area contributed by atoms with Crippen molar-refractivity contribution in [3.63, 3.8) is 0 Å². The number of piperidine rings is 1. The molecule has 11 heteroatoms. The number of nitriles is 1. The van der Waals surface area contributed by atoms with Crippen LogP contribution in [0.15, 0.2) is 36.5 Å². The van der Waals surface area contributed by atoms with Gasteiger partial charge in [-0.3, -0.25) is 9.89 Å². The van der Waals surface area contributed by atoms with Crippen molar-refractivity contribution in [1.29, 1.82) is 5.26 Å². The monoisotopic (exact) mass is 549 g/mol. The van der Waals surface area contributed by atoms with E-state index in [2.05, 4.69) is 27.2 Å². The summed E-state index contributed by atoms with van der Waals surface area (Å²) < 4.78 is 14.6. The predicted octanol–water partition coefficient (Wildman–Crippen LogP) is 3.64. The zero-order chi connectivity index (χ0) is 27.9. The number of fused-ring (bicyclic) bond motifs is 2. The van der Waals surface area contributed by atoms with Gasteiger partial charge in [0.1, 0.15) is 11.6 Å². The first kappa shape index (κ1) is 24.3. The Hall–Kier alpha value is -4.56. The Labute approximate surface area is 235 Å². The molecule has 3 N–H and O–H groups in total. The van der Waals surface area contributed by atoms with Gasteiger partial charge in [-0.25, -0.2) is 14.4 Å². The summed E-state index contributed by atoms with van der Waals surface area (Å²) in [4.78, 5) is 28.1. The molecule has 3 aliphatic heterocycles. The normalized spacial score (nSPS) is 20.9. The van der Waals surface area contributed by atoms with Gasteiger partial charge in [-0.2, -0.15) is 10.4 Å². The van der Waals surface area contributed by atoms with Gasteiger partial charge in [0, 0.05) is 38.6 Å². The number of halogens is 1. The molecule has 2 aromatic carbocycles. The highest BCUT2D eigenvalue weighted by atomic mass is 19.1. The first-order valence-corrected chi connectivity index (χ1v) is 14.1. The largest absolute Gasteiger partial charge is 0.355 e. The highest BCUT2D eigenvalue weighted by molar-refractivity contribution is 6.03. The number of aromatic amines is 1. The van der Waals surface area contributed by atoms with Crippen molar-refractivity contribution in [1.82, 2.24) is 20.2 Å². The first-order chi connectivity index (χ1) is 20.0. The van der Waals surface area contributed by atoms with E-state index >= 15 is 0 Å². The summed E-state index contributed by atoms with van der Waals surface area (Å²) in [5.41, 5.74) is 13.1. The van der Waals surface area contributed by atoms with E-state index in [1.807, 2.05) is 17.0 Å². The van der Waals surface area contributed by atoms with Crippen molar-refractivity contribution < 1.29 is 9.18 Å². The lowest BCUT2D eigenvalue weighted by Crippen LogP contribution is -2.45. The summed E-state index contributed by atoms with van der Waals surface area (Å²) >= 11 is 0. The van der Waals surface area contributed by atoms with Crippen LogP contribution in [0.4, 0.5) is 27.4 Å². The molecule has 0 unspecified atom stereocenters. The number of nitrogens with two attached hydrogens (primary N) is 1. The Morgan fingerprint density at radius 3 is 2.78 bits per heavy atom. The van der Waals surface area contributed by atoms with Gasteiger partial charge in [0.2, 0.25) is 5.91 Å². The van der Waals surface area contributed by atoms with E-state index in [0.29, 0.717) is 48.6 Å². The number of aryl methyl sites for hydroxylation is 1. The fourth-order valence-electron chi connectivity index (χ4n) is 7.41. The smallest absolute Gasteiger partial charge is 0.227 e. The molecular formula is C30H28FN9O. The van der Waals surface area contributed by atoms with E-state index in [9.17, 15) is 14.4 Å². The number of benzene rings is 2. The molecule has 1 amide bonds. The van der Waals surface area contributed by atoms with E-state index in [0.717, 1.165) is 66.1 Å². The third-order valence-electron chi connectivity index (χ3n) is 9.59. The van der Waals surface area contributed by atoms with Gasteiger partial charge in [0.15, 0.2) is 17.0 Å². The number of H-pyrrole nitrogens is 1. The van der Waals surface area contributed by atoms with Gasteiger partial charge in [0.25, 0.3) is 0 Å². The second kappa shape index (κ2) is 8.72. The van der Waals surface area contributed by atoms with Crippen molar-refractivity contribution in [2.45, 2.75) is 38.1 Å². The maximum atomic E-state index is 14.6. The summed E-state index contributed by atoms with van der Waals surface area (Å²) in [6, 6.07) is 11.1. The molecule has 206 valence electrons. The Bertz CT molecular complexity index is 1780. The Morgan fingerprint density at radius 1 is 1.12 bits per heavy atom. The van der Waals surface area contributed by atoms with Crippen LogP contribution in [0.2, 0.25) is 0 Å². The molecule has 8 rings (SSSR count). The Balaban J connectivity index is 1.06. The van der Waals surface area contributed by atoms with Crippen LogP contribution in [0.25, 0.3) is 11.2 Å². The molecular weight excluding hydrogens is 521 g/mol. The van der Waals surface area contributed by atoms with Crippen molar-refractivity contribution in [2.24, 2.45) is 11.1 Å². The fourth-order valence-corrected chi connectivity index (χ4v) is 7.41. The van der Waals surface area contributed by atoms with Gasteiger partial charge < -0.3 is 20.4 Å². The maximum Gasteiger partial charge on any atom is 0.227 e. The summed E-state index contributed by atoms with van der Waals surface area (Å²) in [5.74, 6) is 1.08. The Kier molecular flexibility index (Phi) is 5.16. The molecule has 41 heavy (non-hydrogen) atoms. The van der Waals surface area contributed by atoms with Gasteiger partial charge in [-0.1, -0.05) is 12.1 Å². The lowest BCUT2D eigenvalue weighted by Gasteiger charge is -2.42. The lowest BCUT2D eigenvalue weighted by atomic mass is 9.73. The van der Waals surface area contributed by atoms with Crippen molar-refractivity contribution in [3.8, 4) is 6.07 Å². The second-order valence-electron chi connectivity index (χ2n) is 11.6. The molecule has 5 heterocycles. The number of aromatic nitrogens is 4. The first-order valence-electron chi connectivity index (χ1n) is 14.1. The average molecular weight is 550 g/mol. The number of hydrogen-bond donors (Lipinski definition) is 2. The minimum atomic E-state index is -0.329. The van der Waals surface area contributed by atoms with Crippen LogP contribution in [0.5, 0.6) is 0 Å². The van der Waals surface area contributed by atoms with E-state index < -0.39 is 0 Å².